The quantitative estimate of drug-likeness (QED) is 0.0354. The van der Waals surface area contributed by atoms with E-state index in [0.717, 1.165) is 57.8 Å². The molecule has 0 aromatic rings. The van der Waals surface area contributed by atoms with Gasteiger partial charge in [-0.25, -0.2) is 0 Å². The zero-order valence-electron chi connectivity index (χ0n) is 26.6. The summed E-state index contributed by atoms with van der Waals surface area (Å²) >= 11 is 5.38. The second-order valence-corrected chi connectivity index (χ2v) is 12.1. The van der Waals surface area contributed by atoms with E-state index in [1.54, 1.807) is 0 Å². The largest absolute Gasteiger partial charge is 0.462 e. The highest BCUT2D eigenvalue weighted by Gasteiger charge is 2.13. The highest BCUT2D eigenvalue weighted by atomic mass is 35.5. The van der Waals surface area contributed by atoms with Gasteiger partial charge in [-0.15, -0.1) is 0 Å². The summed E-state index contributed by atoms with van der Waals surface area (Å²) in [6, 6.07) is 0. The summed E-state index contributed by atoms with van der Waals surface area (Å²) in [6.45, 7) is 4.50. The highest BCUT2D eigenvalue weighted by Crippen LogP contribution is 2.16. The van der Waals surface area contributed by atoms with Crippen LogP contribution >= 0.6 is 11.6 Å². The molecule has 0 saturated heterocycles. The van der Waals surface area contributed by atoms with E-state index in [9.17, 15) is 9.59 Å². The van der Waals surface area contributed by atoms with Crippen molar-refractivity contribution < 1.29 is 14.3 Å². The van der Waals surface area contributed by atoms with Crippen LogP contribution in [0.25, 0.3) is 0 Å². The number of unbranched alkanes of at least 4 members (excludes halogenated alkanes) is 19. The molecule has 0 aliphatic rings. The van der Waals surface area contributed by atoms with Crippen molar-refractivity contribution in [1.82, 2.24) is 0 Å². The van der Waals surface area contributed by atoms with Gasteiger partial charge in [0.1, 0.15) is 6.10 Å². The predicted octanol–water partition coefficient (Wildman–Crippen LogP) is 12.3. The lowest BCUT2D eigenvalue weighted by atomic mass is 10.1. The van der Waals surface area contributed by atoms with Crippen LogP contribution in [0.4, 0.5) is 0 Å². The molecule has 0 saturated carbocycles. The first kappa shape index (κ1) is 38.9. The Labute approximate surface area is 254 Å². The van der Waals surface area contributed by atoms with Crippen LogP contribution in [0, 0.1) is 0 Å². The first-order chi connectivity index (χ1) is 19.6. The molecule has 0 bridgehead atoms. The number of hydrogen-bond acceptors (Lipinski definition) is 3. The molecule has 0 rings (SSSR count). The van der Waals surface area contributed by atoms with Crippen molar-refractivity contribution in [3.63, 3.8) is 0 Å². The number of rotatable bonds is 31. The fraction of sp³-hybridized carbons (Fsp3) is 0.833. The molecule has 0 aromatic heterocycles. The number of allylic oxidation sites excluding steroid dienone is 3. The lowest BCUT2D eigenvalue weighted by molar-refractivity contribution is -0.149. The minimum atomic E-state index is -0.222. The third-order valence-electron chi connectivity index (χ3n) is 7.63. The van der Waals surface area contributed by atoms with Crippen molar-refractivity contribution in [2.75, 3.05) is 0 Å². The van der Waals surface area contributed by atoms with Gasteiger partial charge < -0.3 is 4.74 Å². The molecule has 0 aromatic carbocycles. The summed E-state index contributed by atoms with van der Waals surface area (Å²) in [5.74, 6) is -0.0121. The van der Waals surface area contributed by atoms with Crippen molar-refractivity contribution in [1.29, 1.82) is 0 Å². The summed E-state index contributed by atoms with van der Waals surface area (Å²) in [5.41, 5.74) is 0. The molecule has 0 heterocycles. The Morgan fingerprint density at radius 1 is 0.550 bits per heavy atom. The fourth-order valence-corrected chi connectivity index (χ4v) is 5.16. The Kier molecular flexibility index (Phi) is 31.5. The minimum Gasteiger partial charge on any atom is -0.462 e. The molecule has 0 radical (unpaired) electrons. The van der Waals surface area contributed by atoms with Gasteiger partial charge >= 0.3 is 5.97 Å². The van der Waals surface area contributed by atoms with Gasteiger partial charge in [-0.2, -0.15) is 0 Å². The molecule has 0 fully saturated rings. The second kappa shape index (κ2) is 32.4. The standard InChI is InChI=1S/C36H65ClO3/c1-3-5-7-9-10-11-12-13-14-15-16-17-22-25-29-33-36(39)40-34(30-26-8-6-4-2)31-27-23-20-18-19-21-24-28-32-35(37)38/h13-14,23,27,34H,3-12,15-22,24-26,28-33H2,1-2H3/b14-13+,27-23+. The third-order valence-corrected chi connectivity index (χ3v) is 7.82. The molecule has 0 N–H and O–H groups in total. The average molecular weight is 581 g/mol. The zero-order valence-corrected chi connectivity index (χ0v) is 27.3. The van der Waals surface area contributed by atoms with Crippen molar-refractivity contribution >= 4 is 22.8 Å². The number of ether oxygens (including phenoxy) is 1. The van der Waals surface area contributed by atoms with Gasteiger partial charge in [0.15, 0.2) is 0 Å². The van der Waals surface area contributed by atoms with E-state index in [0.29, 0.717) is 12.8 Å². The van der Waals surface area contributed by atoms with E-state index >= 15 is 0 Å². The van der Waals surface area contributed by atoms with Crippen LogP contribution in [0.15, 0.2) is 24.3 Å². The van der Waals surface area contributed by atoms with Crippen LogP contribution in [-0.2, 0) is 14.3 Å². The first-order valence-corrected chi connectivity index (χ1v) is 17.7. The van der Waals surface area contributed by atoms with E-state index in [1.807, 2.05) is 0 Å². The van der Waals surface area contributed by atoms with Crippen molar-refractivity contribution in [2.45, 2.75) is 193 Å². The van der Waals surface area contributed by atoms with Crippen molar-refractivity contribution in [2.24, 2.45) is 0 Å². The van der Waals surface area contributed by atoms with Crippen LogP contribution in [0.5, 0.6) is 0 Å². The van der Waals surface area contributed by atoms with E-state index in [-0.39, 0.29) is 17.3 Å². The predicted molar refractivity (Wildman–Crippen MR) is 175 cm³/mol. The molecule has 0 spiro atoms. The van der Waals surface area contributed by atoms with E-state index in [2.05, 4.69) is 38.2 Å². The molecule has 1 unspecified atom stereocenters. The maximum Gasteiger partial charge on any atom is 0.306 e. The summed E-state index contributed by atoms with van der Waals surface area (Å²) < 4.78 is 5.90. The Hall–Kier alpha value is -1.09. The van der Waals surface area contributed by atoms with Gasteiger partial charge in [0.25, 0.3) is 0 Å². The summed E-state index contributed by atoms with van der Waals surface area (Å²) in [5, 5.41) is -0.222. The molecule has 0 aliphatic carbocycles. The summed E-state index contributed by atoms with van der Waals surface area (Å²) in [4.78, 5) is 23.3. The van der Waals surface area contributed by atoms with Gasteiger partial charge in [-0.05, 0) is 75.8 Å². The fourth-order valence-electron chi connectivity index (χ4n) is 5.03. The Balaban J connectivity index is 3.91. The number of esters is 1. The lowest BCUT2D eigenvalue weighted by Crippen LogP contribution is -2.17. The second-order valence-electron chi connectivity index (χ2n) is 11.7. The Morgan fingerprint density at radius 2 is 0.975 bits per heavy atom. The van der Waals surface area contributed by atoms with E-state index < -0.39 is 0 Å². The SMILES string of the molecule is CCCCCCCC/C=C/CCCCCCCC(=O)OC(C/C=C/CCCCCCCC(=O)Cl)CCCCCC. The summed E-state index contributed by atoms with van der Waals surface area (Å²) in [6.07, 6.45) is 40.0. The molecule has 4 heteroatoms. The monoisotopic (exact) mass is 580 g/mol. The van der Waals surface area contributed by atoms with Crippen LogP contribution in [0.2, 0.25) is 0 Å². The van der Waals surface area contributed by atoms with Gasteiger partial charge in [0, 0.05) is 19.3 Å². The van der Waals surface area contributed by atoms with Crippen LogP contribution in [0.1, 0.15) is 187 Å². The lowest BCUT2D eigenvalue weighted by Gasteiger charge is -2.16. The number of carbonyl (C=O) groups is 2. The molecular weight excluding hydrogens is 516 g/mol. The van der Waals surface area contributed by atoms with E-state index in [4.69, 9.17) is 16.3 Å². The number of hydrogen-bond donors (Lipinski definition) is 0. The average Bonchev–Trinajstić information content (AvgIpc) is 2.93. The Morgan fingerprint density at radius 3 is 1.50 bits per heavy atom. The van der Waals surface area contributed by atoms with Gasteiger partial charge in [-0.3, -0.25) is 9.59 Å². The highest BCUT2D eigenvalue weighted by molar-refractivity contribution is 6.63. The van der Waals surface area contributed by atoms with Crippen LogP contribution < -0.4 is 0 Å². The molecule has 0 amide bonds. The molecule has 1 atom stereocenters. The molecule has 40 heavy (non-hydrogen) atoms. The maximum absolute atomic E-state index is 12.5. The van der Waals surface area contributed by atoms with Crippen LogP contribution in [0.3, 0.4) is 0 Å². The zero-order chi connectivity index (χ0) is 29.4. The minimum absolute atomic E-state index is 0.0121. The van der Waals surface area contributed by atoms with Gasteiger partial charge in [0.2, 0.25) is 5.24 Å². The molecule has 3 nitrogen and oxygen atoms in total. The third kappa shape index (κ3) is 31.4. The molecular formula is C36H65ClO3. The van der Waals surface area contributed by atoms with Gasteiger partial charge in [0.05, 0.1) is 0 Å². The topological polar surface area (TPSA) is 43.4 Å². The number of carbonyl (C=O) groups excluding carboxylic acids is 2. The summed E-state index contributed by atoms with van der Waals surface area (Å²) in [7, 11) is 0. The maximum atomic E-state index is 12.5. The van der Waals surface area contributed by atoms with Crippen molar-refractivity contribution in [3.8, 4) is 0 Å². The van der Waals surface area contributed by atoms with Crippen molar-refractivity contribution in [3.05, 3.63) is 24.3 Å². The molecule has 0 aliphatic heterocycles. The smallest absolute Gasteiger partial charge is 0.306 e. The van der Waals surface area contributed by atoms with Crippen LogP contribution in [-0.4, -0.2) is 17.3 Å². The number of halogens is 1. The Bertz CT molecular complexity index is 613. The normalized spacial score (nSPS) is 12.5. The molecule has 234 valence electrons. The van der Waals surface area contributed by atoms with Gasteiger partial charge in [-0.1, -0.05) is 128 Å². The first-order valence-electron chi connectivity index (χ1n) is 17.3. The van der Waals surface area contributed by atoms with E-state index in [1.165, 1.54) is 103 Å².